The fraction of sp³-hybridized carbons (Fsp3) is 0.889. The average molecular weight is 168 g/mol. The molecule has 3 heteroatoms. The summed E-state index contributed by atoms with van der Waals surface area (Å²) in [6.07, 6.45) is 0.587. The van der Waals surface area contributed by atoms with Crippen LogP contribution in [0.4, 0.5) is 0 Å². The third kappa shape index (κ3) is 1.21. The minimum Gasteiger partial charge on any atom is -0.367 e. The summed E-state index contributed by atoms with van der Waals surface area (Å²) in [5.41, 5.74) is 4.24. The van der Waals surface area contributed by atoms with Gasteiger partial charge in [0.15, 0.2) is 0 Å². The zero-order valence-electron chi connectivity index (χ0n) is 8.14. The van der Waals surface area contributed by atoms with Gasteiger partial charge in [0, 0.05) is 6.42 Å². The molecule has 1 heterocycles. The highest BCUT2D eigenvalue weighted by Gasteiger charge is 2.55. The number of hydrogen-bond acceptors (Lipinski definition) is 3. The van der Waals surface area contributed by atoms with Gasteiger partial charge in [0.25, 0.3) is 0 Å². The van der Waals surface area contributed by atoms with Crippen molar-refractivity contribution >= 4 is 0 Å². The maximum Gasteiger partial charge on any atom is 0.135 e. The van der Waals surface area contributed by atoms with E-state index < -0.39 is 11.1 Å². The second kappa shape index (κ2) is 2.21. The first-order chi connectivity index (χ1) is 5.22. The lowest BCUT2D eigenvalue weighted by Crippen LogP contribution is -2.52. The molecule has 0 radical (unpaired) electrons. The molecule has 1 rings (SSSR count). The van der Waals surface area contributed by atoms with E-state index in [1.165, 1.54) is 0 Å². The van der Waals surface area contributed by atoms with E-state index in [2.05, 4.69) is 6.07 Å². The molecule has 1 aliphatic rings. The molecule has 0 spiro atoms. The Labute approximate surface area is 73.5 Å². The molecule has 0 aliphatic carbocycles. The van der Waals surface area contributed by atoms with Gasteiger partial charge >= 0.3 is 0 Å². The van der Waals surface area contributed by atoms with Gasteiger partial charge in [0.2, 0.25) is 0 Å². The number of hydrogen-bond donors (Lipinski definition) is 1. The molecule has 0 aromatic heterocycles. The standard InChI is InChI=1S/C9H16N2O/c1-7(2)5-9(11,6-10)8(3,4)12-7/h5,11H2,1-4H3. The van der Waals surface area contributed by atoms with Crippen molar-refractivity contribution < 1.29 is 4.74 Å². The summed E-state index contributed by atoms with van der Waals surface area (Å²) in [6, 6.07) is 2.14. The van der Waals surface area contributed by atoms with Crippen molar-refractivity contribution in [3.8, 4) is 6.07 Å². The van der Waals surface area contributed by atoms with Crippen molar-refractivity contribution in [3.63, 3.8) is 0 Å². The Kier molecular flexibility index (Phi) is 1.75. The summed E-state index contributed by atoms with van der Waals surface area (Å²) in [5, 5.41) is 8.94. The van der Waals surface area contributed by atoms with Crippen LogP contribution in [0.3, 0.4) is 0 Å². The van der Waals surface area contributed by atoms with Crippen LogP contribution in [0.5, 0.6) is 0 Å². The van der Waals surface area contributed by atoms with Crippen molar-refractivity contribution in [2.45, 2.75) is 50.9 Å². The highest BCUT2D eigenvalue weighted by molar-refractivity contribution is 5.21. The summed E-state index contributed by atoms with van der Waals surface area (Å²) in [6.45, 7) is 7.65. The van der Waals surface area contributed by atoms with Crippen molar-refractivity contribution in [2.24, 2.45) is 5.73 Å². The molecule has 1 atom stereocenters. The van der Waals surface area contributed by atoms with Crippen LogP contribution in [-0.2, 0) is 4.74 Å². The molecule has 0 amide bonds. The molecule has 0 aromatic carbocycles. The summed E-state index contributed by atoms with van der Waals surface area (Å²) in [5.74, 6) is 0. The maximum absolute atomic E-state index is 8.94. The Morgan fingerprint density at radius 1 is 1.33 bits per heavy atom. The molecule has 1 fully saturated rings. The molecule has 68 valence electrons. The van der Waals surface area contributed by atoms with E-state index in [0.717, 1.165) is 0 Å². The zero-order chi connectivity index (χ0) is 9.62. The van der Waals surface area contributed by atoms with Gasteiger partial charge in [0.1, 0.15) is 5.54 Å². The molecule has 0 bridgehead atoms. The van der Waals surface area contributed by atoms with Crippen molar-refractivity contribution in [2.75, 3.05) is 0 Å². The first kappa shape index (κ1) is 9.50. The Morgan fingerprint density at radius 3 is 2.00 bits per heavy atom. The summed E-state index contributed by atoms with van der Waals surface area (Å²) < 4.78 is 5.70. The molecule has 0 saturated carbocycles. The molecule has 0 aromatic rings. The molecule has 1 aliphatic heterocycles. The normalized spacial score (nSPS) is 37.7. The van der Waals surface area contributed by atoms with Crippen LogP contribution < -0.4 is 5.73 Å². The second-order valence-electron chi connectivity index (χ2n) is 4.63. The van der Waals surface area contributed by atoms with E-state index in [-0.39, 0.29) is 5.60 Å². The molecule has 12 heavy (non-hydrogen) atoms. The Balaban J connectivity index is 3.02. The quantitative estimate of drug-likeness (QED) is 0.591. The van der Waals surface area contributed by atoms with E-state index in [0.29, 0.717) is 6.42 Å². The highest BCUT2D eigenvalue weighted by Crippen LogP contribution is 2.42. The second-order valence-corrected chi connectivity index (χ2v) is 4.63. The largest absolute Gasteiger partial charge is 0.367 e. The van der Waals surface area contributed by atoms with Gasteiger partial charge in [-0.1, -0.05) is 0 Å². The lowest BCUT2D eigenvalue weighted by atomic mass is 9.81. The van der Waals surface area contributed by atoms with Crippen LogP contribution in [0.25, 0.3) is 0 Å². The van der Waals surface area contributed by atoms with Gasteiger partial charge in [0.05, 0.1) is 17.3 Å². The van der Waals surface area contributed by atoms with E-state index in [9.17, 15) is 0 Å². The minimum atomic E-state index is -0.851. The highest BCUT2D eigenvalue weighted by atomic mass is 16.5. The summed E-state index contributed by atoms with van der Waals surface area (Å²) >= 11 is 0. The molecule has 2 N–H and O–H groups in total. The summed E-state index contributed by atoms with van der Waals surface area (Å²) in [7, 11) is 0. The lowest BCUT2D eigenvalue weighted by molar-refractivity contribution is -0.0731. The number of rotatable bonds is 0. The fourth-order valence-corrected chi connectivity index (χ4v) is 1.88. The fourth-order valence-electron chi connectivity index (χ4n) is 1.88. The van der Waals surface area contributed by atoms with Gasteiger partial charge < -0.3 is 10.5 Å². The first-order valence-corrected chi connectivity index (χ1v) is 4.13. The maximum atomic E-state index is 8.94. The van der Waals surface area contributed by atoms with Crippen molar-refractivity contribution in [3.05, 3.63) is 0 Å². The minimum absolute atomic E-state index is 0.284. The smallest absolute Gasteiger partial charge is 0.135 e. The Morgan fingerprint density at radius 2 is 1.83 bits per heavy atom. The zero-order valence-corrected chi connectivity index (χ0v) is 8.14. The number of nitrogens with zero attached hydrogens (tertiary/aromatic N) is 1. The molecule has 1 saturated heterocycles. The van der Waals surface area contributed by atoms with E-state index >= 15 is 0 Å². The predicted octanol–water partition coefficient (Wildman–Crippen LogP) is 1.18. The van der Waals surface area contributed by atoms with Crippen molar-refractivity contribution in [1.82, 2.24) is 0 Å². The summed E-state index contributed by atoms with van der Waals surface area (Å²) in [4.78, 5) is 0. The van der Waals surface area contributed by atoms with Crippen LogP contribution in [0.1, 0.15) is 34.1 Å². The first-order valence-electron chi connectivity index (χ1n) is 4.13. The Bertz CT molecular complexity index is 239. The van der Waals surface area contributed by atoms with Gasteiger partial charge in [-0.3, -0.25) is 0 Å². The topological polar surface area (TPSA) is 59.0 Å². The van der Waals surface area contributed by atoms with Gasteiger partial charge in [-0.15, -0.1) is 0 Å². The van der Waals surface area contributed by atoms with Crippen LogP contribution in [0, 0.1) is 11.3 Å². The van der Waals surface area contributed by atoms with Gasteiger partial charge in [-0.2, -0.15) is 5.26 Å². The average Bonchev–Trinajstić information content (AvgIpc) is 1.98. The van der Waals surface area contributed by atoms with E-state index in [1.807, 2.05) is 27.7 Å². The number of ether oxygens (including phenoxy) is 1. The molecular formula is C9H16N2O. The molecule has 1 unspecified atom stereocenters. The third-order valence-corrected chi connectivity index (χ3v) is 2.51. The van der Waals surface area contributed by atoms with Gasteiger partial charge in [-0.25, -0.2) is 0 Å². The third-order valence-electron chi connectivity index (χ3n) is 2.51. The lowest BCUT2D eigenvalue weighted by Gasteiger charge is -2.29. The number of nitriles is 1. The molecule has 3 nitrogen and oxygen atoms in total. The number of nitrogens with two attached hydrogens (primary N) is 1. The predicted molar refractivity (Wildman–Crippen MR) is 46.4 cm³/mol. The van der Waals surface area contributed by atoms with Crippen molar-refractivity contribution in [1.29, 1.82) is 5.26 Å². The van der Waals surface area contributed by atoms with Crippen LogP contribution >= 0.6 is 0 Å². The SMILES string of the molecule is CC1(C)CC(N)(C#N)C(C)(C)O1. The van der Waals surface area contributed by atoms with E-state index in [1.54, 1.807) is 0 Å². The van der Waals surface area contributed by atoms with Gasteiger partial charge in [-0.05, 0) is 27.7 Å². The molecular weight excluding hydrogens is 152 g/mol. The Hall–Kier alpha value is -0.590. The van der Waals surface area contributed by atoms with E-state index in [4.69, 9.17) is 15.7 Å². The van der Waals surface area contributed by atoms with Crippen LogP contribution in [-0.4, -0.2) is 16.7 Å². The van der Waals surface area contributed by atoms with Crippen LogP contribution in [0.15, 0.2) is 0 Å². The monoisotopic (exact) mass is 168 g/mol. The van der Waals surface area contributed by atoms with Crippen LogP contribution in [0.2, 0.25) is 0 Å².